The van der Waals surface area contributed by atoms with E-state index < -0.39 is 17.5 Å². The fourth-order valence-electron chi connectivity index (χ4n) is 2.25. The van der Waals surface area contributed by atoms with Crippen molar-refractivity contribution >= 4 is 56.0 Å². The molecule has 0 saturated heterocycles. The van der Waals surface area contributed by atoms with Crippen molar-refractivity contribution in [1.82, 2.24) is 4.98 Å². The van der Waals surface area contributed by atoms with Gasteiger partial charge in [-0.05, 0) is 47.4 Å². The first-order valence-electron chi connectivity index (χ1n) is 6.87. The lowest BCUT2D eigenvalue weighted by Gasteiger charge is -2.12. The maximum absolute atomic E-state index is 13.4. The van der Waals surface area contributed by atoms with E-state index >= 15 is 0 Å². The van der Waals surface area contributed by atoms with Crippen LogP contribution >= 0.6 is 34.5 Å². The number of carbonyl (C=O) groups excluding carboxylic acids is 1. The lowest BCUT2D eigenvalue weighted by Crippen LogP contribution is -2.12. The Labute approximate surface area is 154 Å². The van der Waals surface area contributed by atoms with Gasteiger partial charge in [0.05, 0.1) is 15.2 Å². The molecule has 3 rings (SSSR count). The minimum absolute atomic E-state index is 0.0537. The van der Waals surface area contributed by atoms with Gasteiger partial charge >= 0.3 is 6.18 Å². The number of pyridine rings is 1. The van der Waals surface area contributed by atoms with E-state index in [-0.39, 0.29) is 20.5 Å². The van der Waals surface area contributed by atoms with Crippen LogP contribution in [0, 0.1) is 0 Å². The second kappa shape index (κ2) is 6.78. The topological polar surface area (TPSA) is 30.0 Å². The first kappa shape index (κ1) is 17.9. The predicted octanol–water partition coefficient (Wildman–Crippen LogP) is 6.43. The molecule has 2 heterocycles. The highest BCUT2D eigenvalue weighted by Gasteiger charge is 2.35. The van der Waals surface area contributed by atoms with E-state index in [4.69, 9.17) is 23.2 Å². The van der Waals surface area contributed by atoms with Crippen molar-refractivity contribution in [2.45, 2.75) is 6.18 Å². The third-order valence-electron chi connectivity index (χ3n) is 3.32. The number of aromatic nitrogens is 1. The van der Waals surface area contributed by atoms with Crippen molar-refractivity contribution in [1.29, 1.82) is 0 Å². The van der Waals surface area contributed by atoms with Crippen LogP contribution < -0.4 is 0 Å². The maximum atomic E-state index is 13.4. The molecular formula is C17H8Cl2F3NOS. The number of hydrogen-bond donors (Lipinski definition) is 0. The van der Waals surface area contributed by atoms with Gasteiger partial charge in [0, 0.05) is 22.4 Å². The fourth-order valence-corrected chi connectivity index (χ4v) is 3.71. The Bertz CT molecular complexity index is 942. The maximum Gasteiger partial charge on any atom is 0.417 e. The lowest BCUT2D eigenvalue weighted by atomic mass is 10.0. The Hall–Kier alpha value is -1.89. The SMILES string of the molecule is O=C(C=C(c1cc(Cl)cc(Cl)c1)C(F)(F)F)c1cc2ccncc2s1. The molecule has 25 heavy (non-hydrogen) atoms. The normalized spacial score (nSPS) is 12.6. The van der Waals surface area contributed by atoms with Gasteiger partial charge in [0.25, 0.3) is 0 Å². The molecule has 0 aliphatic carbocycles. The van der Waals surface area contributed by atoms with Gasteiger partial charge < -0.3 is 0 Å². The highest BCUT2D eigenvalue weighted by Crippen LogP contribution is 2.37. The van der Waals surface area contributed by atoms with Crippen molar-refractivity contribution in [2.24, 2.45) is 0 Å². The van der Waals surface area contributed by atoms with Gasteiger partial charge in [-0.2, -0.15) is 13.2 Å². The highest BCUT2D eigenvalue weighted by molar-refractivity contribution is 7.20. The molecule has 0 fully saturated rings. The zero-order valence-corrected chi connectivity index (χ0v) is 14.6. The summed E-state index contributed by atoms with van der Waals surface area (Å²) in [5.74, 6) is -0.746. The lowest BCUT2D eigenvalue weighted by molar-refractivity contribution is -0.0689. The Balaban J connectivity index is 2.07. The molecule has 3 aromatic rings. The molecule has 0 N–H and O–H groups in total. The van der Waals surface area contributed by atoms with Gasteiger partial charge in [0.2, 0.25) is 0 Å². The zero-order chi connectivity index (χ0) is 18.2. The monoisotopic (exact) mass is 401 g/mol. The molecule has 2 nitrogen and oxygen atoms in total. The number of benzene rings is 1. The molecule has 0 aliphatic rings. The quantitative estimate of drug-likeness (QED) is 0.373. The number of carbonyl (C=O) groups is 1. The molecule has 128 valence electrons. The zero-order valence-electron chi connectivity index (χ0n) is 12.3. The molecule has 0 unspecified atom stereocenters. The fraction of sp³-hybridized carbons (Fsp3) is 0.0588. The minimum atomic E-state index is -4.73. The van der Waals surface area contributed by atoms with E-state index in [0.717, 1.165) is 33.6 Å². The van der Waals surface area contributed by atoms with Crippen LogP contribution in [-0.2, 0) is 0 Å². The van der Waals surface area contributed by atoms with Crippen molar-refractivity contribution in [3.8, 4) is 0 Å². The van der Waals surface area contributed by atoms with Crippen LogP contribution in [-0.4, -0.2) is 16.9 Å². The summed E-state index contributed by atoms with van der Waals surface area (Å²) >= 11 is 12.6. The van der Waals surface area contributed by atoms with Gasteiger partial charge in [0.15, 0.2) is 5.78 Å². The van der Waals surface area contributed by atoms with E-state index in [1.165, 1.54) is 6.07 Å². The first-order chi connectivity index (χ1) is 11.7. The average molecular weight is 402 g/mol. The van der Waals surface area contributed by atoms with Crippen molar-refractivity contribution in [3.63, 3.8) is 0 Å². The van der Waals surface area contributed by atoms with E-state index in [0.29, 0.717) is 6.08 Å². The number of rotatable bonds is 3. The van der Waals surface area contributed by atoms with Crippen molar-refractivity contribution < 1.29 is 18.0 Å². The Morgan fingerprint density at radius 2 is 1.80 bits per heavy atom. The average Bonchev–Trinajstić information content (AvgIpc) is 2.94. The summed E-state index contributed by atoms with van der Waals surface area (Å²) in [5, 5.41) is 0.854. The summed E-state index contributed by atoms with van der Waals surface area (Å²) in [6, 6.07) is 6.79. The molecule has 0 aliphatic heterocycles. The van der Waals surface area contributed by atoms with Crippen LogP contribution in [0.15, 0.2) is 48.8 Å². The number of allylic oxidation sites excluding steroid dienone is 2. The van der Waals surface area contributed by atoms with Crippen molar-refractivity contribution in [2.75, 3.05) is 0 Å². The third-order valence-corrected chi connectivity index (χ3v) is 4.86. The molecule has 0 saturated carbocycles. The summed E-state index contributed by atoms with van der Waals surface area (Å²) in [6.45, 7) is 0. The number of alkyl halides is 3. The molecule has 0 amide bonds. The smallest absolute Gasteiger partial charge is 0.288 e. The molecule has 2 aromatic heterocycles. The Morgan fingerprint density at radius 1 is 1.12 bits per heavy atom. The van der Waals surface area contributed by atoms with Crippen LogP contribution in [0.1, 0.15) is 15.2 Å². The van der Waals surface area contributed by atoms with E-state index in [9.17, 15) is 18.0 Å². The van der Waals surface area contributed by atoms with E-state index in [1.54, 1.807) is 24.5 Å². The van der Waals surface area contributed by atoms with Gasteiger partial charge in [-0.1, -0.05) is 23.2 Å². The Kier molecular flexibility index (Phi) is 4.86. The van der Waals surface area contributed by atoms with Gasteiger partial charge in [-0.3, -0.25) is 9.78 Å². The number of hydrogen-bond acceptors (Lipinski definition) is 3. The van der Waals surface area contributed by atoms with Gasteiger partial charge in [-0.25, -0.2) is 0 Å². The van der Waals surface area contributed by atoms with Crippen LogP contribution in [0.25, 0.3) is 15.7 Å². The van der Waals surface area contributed by atoms with Crippen LogP contribution in [0.2, 0.25) is 10.0 Å². The molecule has 0 bridgehead atoms. The standard InChI is InChI=1S/C17H8Cl2F3NOS/c18-11-3-10(4-12(19)6-11)13(17(20,21)22)7-14(24)15-5-9-1-2-23-8-16(9)25-15/h1-8H. The summed E-state index contributed by atoms with van der Waals surface area (Å²) in [5.41, 5.74) is -1.36. The second-order valence-corrected chi connectivity index (χ2v) is 7.06. The molecule has 0 radical (unpaired) electrons. The molecule has 8 heteroatoms. The number of halogens is 5. The summed E-state index contributed by atoms with van der Waals surface area (Å²) < 4.78 is 41.0. The molecule has 1 aromatic carbocycles. The Morgan fingerprint density at radius 3 is 2.40 bits per heavy atom. The molecule has 0 spiro atoms. The van der Waals surface area contributed by atoms with E-state index in [2.05, 4.69) is 4.98 Å². The number of ketones is 1. The largest absolute Gasteiger partial charge is 0.417 e. The predicted molar refractivity (Wildman–Crippen MR) is 94.4 cm³/mol. The number of thiophene rings is 1. The first-order valence-corrected chi connectivity index (χ1v) is 8.44. The summed E-state index contributed by atoms with van der Waals surface area (Å²) in [4.78, 5) is 16.5. The van der Waals surface area contributed by atoms with Gasteiger partial charge in [0.1, 0.15) is 0 Å². The summed E-state index contributed by atoms with van der Waals surface area (Å²) in [6.07, 6.45) is -1.06. The van der Waals surface area contributed by atoms with E-state index in [1.807, 2.05) is 0 Å². The number of nitrogens with zero attached hydrogens (tertiary/aromatic N) is 1. The summed E-state index contributed by atoms with van der Waals surface area (Å²) in [7, 11) is 0. The number of fused-ring (bicyclic) bond motifs is 1. The van der Waals surface area contributed by atoms with Crippen molar-refractivity contribution in [3.05, 3.63) is 69.3 Å². The highest BCUT2D eigenvalue weighted by atomic mass is 35.5. The minimum Gasteiger partial charge on any atom is -0.288 e. The van der Waals surface area contributed by atoms with Crippen LogP contribution in [0.5, 0.6) is 0 Å². The van der Waals surface area contributed by atoms with Crippen LogP contribution in [0.4, 0.5) is 13.2 Å². The van der Waals surface area contributed by atoms with Crippen LogP contribution in [0.3, 0.4) is 0 Å². The second-order valence-electron chi connectivity index (χ2n) is 5.10. The third kappa shape index (κ3) is 4.03. The van der Waals surface area contributed by atoms with Gasteiger partial charge in [-0.15, -0.1) is 11.3 Å². The molecule has 0 atom stereocenters. The molecular weight excluding hydrogens is 394 g/mol.